The number of guanidine groups is 1. The van der Waals surface area contributed by atoms with Crippen LogP contribution in [0.2, 0.25) is 5.02 Å². The minimum Gasteiger partial charge on any atom is -0.493 e. The van der Waals surface area contributed by atoms with Gasteiger partial charge in [-0.15, -0.1) is 0 Å². The third-order valence-electron chi connectivity index (χ3n) is 4.12. The minimum atomic E-state index is 0.252. The number of rotatable bonds is 10. The second kappa shape index (κ2) is 11.9. The lowest BCUT2D eigenvalue weighted by Crippen LogP contribution is -2.37. The van der Waals surface area contributed by atoms with Crippen LogP contribution in [-0.4, -0.2) is 59.2 Å². The van der Waals surface area contributed by atoms with Crippen molar-refractivity contribution in [3.05, 3.63) is 22.7 Å². The molecular formula is C19H30ClN3O4. The maximum atomic E-state index is 6.31. The Morgan fingerprint density at radius 3 is 2.89 bits per heavy atom. The van der Waals surface area contributed by atoms with Crippen molar-refractivity contribution in [3.8, 4) is 11.5 Å². The van der Waals surface area contributed by atoms with E-state index in [-0.39, 0.29) is 6.10 Å². The number of hydrogen-bond acceptors (Lipinski definition) is 5. The highest BCUT2D eigenvalue weighted by molar-refractivity contribution is 6.32. The Labute approximate surface area is 166 Å². The Bertz CT molecular complexity index is 607. The van der Waals surface area contributed by atoms with Crippen LogP contribution in [0.3, 0.4) is 0 Å². The zero-order valence-electron chi connectivity index (χ0n) is 16.3. The van der Waals surface area contributed by atoms with Gasteiger partial charge >= 0.3 is 0 Å². The van der Waals surface area contributed by atoms with E-state index in [4.69, 9.17) is 30.5 Å². The Balaban J connectivity index is 1.75. The average Bonchev–Trinajstić information content (AvgIpc) is 3.19. The summed E-state index contributed by atoms with van der Waals surface area (Å²) in [5.74, 6) is 1.92. The van der Waals surface area contributed by atoms with E-state index in [1.165, 1.54) is 0 Å². The van der Waals surface area contributed by atoms with Gasteiger partial charge in [0.25, 0.3) is 0 Å². The van der Waals surface area contributed by atoms with E-state index < -0.39 is 0 Å². The molecule has 2 N–H and O–H groups in total. The summed E-state index contributed by atoms with van der Waals surface area (Å²) in [7, 11) is 3.35. The highest BCUT2D eigenvalue weighted by Crippen LogP contribution is 2.36. The van der Waals surface area contributed by atoms with Crippen LogP contribution in [0, 0.1) is 0 Å². The molecule has 1 aromatic carbocycles. The summed E-state index contributed by atoms with van der Waals surface area (Å²) >= 11 is 6.31. The third-order valence-corrected chi connectivity index (χ3v) is 4.40. The fourth-order valence-electron chi connectivity index (χ4n) is 2.74. The minimum absolute atomic E-state index is 0.252. The Kier molecular flexibility index (Phi) is 9.52. The quantitative estimate of drug-likeness (QED) is 0.358. The molecule has 2 rings (SSSR count). The van der Waals surface area contributed by atoms with Crippen molar-refractivity contribution in [2.45, 2.75) is 32.4 Å². The predicted molar refractivity (Wildman–Crippen MR) is 107 cm³/mol. The molecular weight excluding hydrogens is 370 g/mol. The molecule has 0 saturated carbocycles. The molecule has 152 valence electrons. The smallest absolute Gasteiger partial charge is 0.191 e. The molecule has 1 aromatic rings. The van der Waals surface area contributed by atoms with Gasteiger partial charge in [0.2, 0.25) is 0 Å². The molecule has 0 radical (unpaired) electrons. The fraction of sp³-hybridized carbons (Fsp3) is 0.632. The normalized spacial score (nSPS) is 17.0. The van der Waals surface area contributed by atoms with Crippen molar-refractivity contribution in [2.24, 2.45) is 4.99 Å². The summed E-state index contributed by atoms with van der Waals surface area (Å²) in [5.41, 5.74) is 0.979. The molecule has 1 atom stereocenters. The summed E-state index contributed by atoms with van der Waals surface area (Å²) < 4.78 is 22.0. The van der Waals surface area contributed by atoms with Crippen LogP contribution in [0.4, 0.5) is 0 Å². The number of methoxy groups -OCH3 is 1. The predicted octanol–water partition coefficient (Wildman–Crippen LogP) is 2.61. The van der Waals surface area contributed by atoms with Crippen molar-refractivity contribution in [1.29, 1.82) is 0 Å². The van der Waals surface area contributed by atoms with E-state index in [9.17, 15) is 0 Å². The van der Waals surface area contributed by atoms with Gasteiger partial charge in [0.1, 0.15) is 0 Å². The van der Waals surface area contributed by atoms with Crippen molar-refractivity contribution in [3.63, 3.8) is 0 Å². The standard InChI is InChI=1S/C19H30ClN3O4/c1-4-26-18-16(20)10-14(11-17(18)24-3)12-23-19(21-2)22-7-5-8-27-15-6-9-25-13-15/h10-11,15H,4-9,12-13H2,1-3H3,(H2,21,22,23). The molecule has 0 aromatic heterocycles. The van der Waals surface area contributed by atoms with E-state index in [0.717, 1.165) is 37.5 Å². The molecule has 1 unspecified atom stereocenters. The largest absolute Gasteiger partial charge is 0.493 e. The summed E-state index contributed by atoms with van der Waals surface area (Å²) in [5, 5.41) is 7.08. The van der Waals surface area contributed by atoms with Gasteiger partial charge in [-0.1, -0.05) is 11.6 Å². The van der Waals surface area contributed by atoms with Crippen molar-refractivity contribution >= 4 is 17.6 Å². The van der Waals surface area contributed by atoms with Crippen LogP contribution in [-0.2, 0) is 16.0 Å². The maximum absolute atomic E-state index is 6.31. The first-order valence-electron chi connectivity index (χ1n) is 9.31. The first-order chi connectivity index (χ1) is 13.2. The molecule has 27 heavy (non-hydrogen) atoms. The highest BCUT2D eigenvalue weighted by Gasteiger charge is 2.15. The van der Waals surface area contributed by atoms with Crippen LogP contribution in [0.15, 0.2) is 17.1 Å². The Morgan fingerprint density at radius 2 is 2.22 bits per heavy atom. The third kappa shape index (κ3) is 7.08. The topological polar surface area (TPSA) is 73.3 Å². The SMILES string of the molecule is CCOc1c(Cl)cc(CNC(=NC)NCCCOC2CCOC2)cc1OC. The molecule has 0 spiro atoms. The van der Waals surface area contributed by atoms with Crippen molar-refractivity contribution < 1.29 is 18.9 Å². The lowest BCUT2D eigenvalue weighted by atomic mass is 10.2. The number of aliphatic imine (C=N–C) groups is 1. The van der Waals surface area contributed by atoms with Gasteiger partial charge in [0.05, 0.1) is 31.5 Å². The lowest BCUT2D eigenvalue weighted by molar-refractivity contribution is 0.0420. The second-order valence-corrected chi connectivity index (χ2v) is 6.51. The summed E-state index contributed by atoms with van der Waals surface area (Å²) in [6.45, 7) is 6.02. The average molecular weight is 400 g/mol. The Hall–Kier alpha value is -1.70. The van der Waals surface area contributed by atoms with E-state index in [1.807, 2.05) is 19.1 Å². The van der Waals surface area contributed by atoms with Gasteiger partial charge in [0, 0.05) is 33.4 Å². The first-order valence-corrected chi connectivity index (χ1v) is 9.68. The molecule has 1 heterocycles. The van der Waals surface area contributed by atoms with Crippen LogP contribution in [0.5, 0.6) is 11.5 Å². The van der Waals surface area contributed by atoms with Gasteiger partial charge in [0.15, 0.2) is 17.5 Å². The van der Waals surface area contributed by atoms with Crippen molar-refractivity contribution in [2.75, 3.05) is 47.1 Å². The van der Waals surface area contributed by atoms with Gasteiger partial charge in [-0.25, -0.2) is 0 Å². The van der Waals surface area contributed by atoms with Gasteiger partial charge in [-0.3, -0.25) is 4.99 Å². The zero-order chi connectivity index (χ0) is 19.5. The highest BCUT2D eigenvalue weighted by atomic mass is 35.5. The number of halogens is 1. The van der Waals surface area contributed by atoms with Gasteiger partial charge < -0.3 is 29.6 Å². The number of ether oxygens (including phenoxy) is 4. The van der Waals surface area contributed by atoms with Crippen LogP contribution >= 0.6 is 11.6 Å². The van der Waals surface area contributed by atoms with E-state index in [2.05, 4.69) is 15.6 Å². The van der Waals surface area contributed by atoms with E-state index >= 15 is 0 Å². The Morgan fingerprint density at radius 1 is 1.37 bits per heavy atom. The second-order valence-electron chi connectivity index (χ2n) is 6.10. The number of benzene rings is 1. The molecule has 1 aliphatic rings. The number of hydrogen-bond donors (Lipinski definition) is 2. The monoisotopic (exact) mass is 399 g/mol. The first kappa shape index (κ1) is 21.6. The molecule has 8 heteroatoms. The molecule has 1 aliphatic heterocycles. The summed E-state index contributed by atoms with van der Waals surface area (Å²) in [4.78, 5) is 4.23. The van der Waals surface area contributed by atoms with Crippen LogP contribution in [0.25, 0.3) is 0 Å². The van der Waals surface area contributed by atoms with E-state index in [1.54, 1.807) is 14.2 Å². The maximum Gasteiger partial charge on any atom is 0.191 e. The van der Waals surface area contributed by atoms with Crippen molar-refractivity contribution in [1.82, 2.24) is 10.6 Å². The molecule has 1 saturated heterocycles. The molecule has 1 fully saturated rings. The fourth-order valence-corrected chi connectivity index (χ4v) is 3.03. The number of nitrogens with zero attached hydrogens (tertiary/aromatic N) is 1. The summed E-state index contributed by atoms with van der Waals surface area (Å²) in [6.07, 6.45) is 2.15. The molecule has 0 aliphatic carbocycles. The summed E-state index contributed by atoms with van der Waals surface area (Å²) in [6, 6.07) is 3.78. The molecule has 0 bridgehead atoms. The van der Waals surface area contributed by atoms with Gasteiger partial charge in [-0.05, 0) is 37.5 Å². The molecule has 0 amide bonds. The zero-order valence-corrected chi connectivity index (χ0v) is 17.1. The van der Waals surface area contributed by atoms with Gasteiger partial charge in [-0.2, -0.15) is 0 Å². The van der Waals surface area contributed by atoms with Crippen LogP contribution in [0.1, 0.15) is 25.3 Å². The number of nitrogens with one attached hydrogen (secondary N) is 2. The van der Waals surface area contributed by atoms with E-state index in [0.29, 0.717) is 42.9 Å². The van der Waals surface area contributed by atoms with Crippen LogP contribution < -0.4 is 20.1 Å². The lowest BCUT2D eigenvalue weighted by Gasteiger charge is -2.15. The molecule has 7 nitrogen and oxygen atoms in total.